The summed E-state index contributed by atoms with van der Waals surface area (Å²) in [5.41, 5.74) is 0.385. The normalized spacial score (nSPS) is 23.6. The Hall–Kier alpha value is -1.62. The van der Waals surface area contributed by atoms with Crippen LogP contribution >= 0.6 is 0 Å². The zero-order chi connectivity index (χ0) is 12.4. The maximum Gasteiger partial charge on any atom is 0.308 e. The highest BCUT2D eigenvalue weighted by molar-refractivity contribution is 5.71. The van der Waals surface area contributed by atoms with Gasteiger partial charge in [0.15, 0.2) is 0 Å². The summed E-state index contributed by atoms with van der Waals surface area (Å²) >= 11 is 0. The van der Waals surface area contributed by atoms with E-state index in [1.54, 1.807) is 12.1 Å². The molecule has 1 saturated heterocycles. The van der Waals surface area contributed by atoms with Crippen LogP contribution in [0.25, 0.3) is 0 Å². The lowest BCUT2D eigenvalue weighted by molar-refractivity contribution is -0.142. The lowest BCUT2D eigenvalue weighted by atomic mass is 9.94. The molecule has 0 aromatic heterocycles. The molecule has 0 unspecified atom stereocenters. The van der Waals surface area contributed by atoms with Crippen LogP contribution in [-0.2, 0) is 4.79 Å². The molecule has 0 saturated carbocycles. The molecular weight excluding hydrogens is 225 g/mol. The first kappa shape index (κ1) is 11.9. The lowest BCUT2D eigenvalue weighted by Gasteiger charge is -2.17. The van der Waals surface area contributed by atoms with Crippen molar-refractivity contribution in [1.82, 2.24) is 5.32 Å². The highest BCUT2D eigenvalue weighted by Gasteiger charge is 2.35. The van der Waals surface area contributed by atoms with Crippen molar-refractivity contribution in [1.29, 1.82) is 0 Å². The third-order valence-corrected chi connectivity index (χ3v) is 3.08. The summed E-state index contributed by atoms with van der Waals surface area (Å²) in [6, 6.07) is 4.02. The van der Waals surface area contributed by atoms with E-state index in [9.17, 15) is 9.18 Å². The van der Waals surface area contributed by atoms with Crippen LogP contribution in [0.5, 0.6) is 5.75 Å². The lowest BCUT2D eigenvalue weighted by Crippen LogP contribution is -2.24. The molecular formula is C12H14FNO3. The Bertz CT molecular complexity index is 436. The van der Waals surface area contributed by atoms with Gasteiger partial charge >= 0.3 is 5.97 Å². The molecule has 1 fully saturated rings. The molecule has 0 aliphatic carbocycles. The van der Waals surface area contributed by atoms with Crippen molar-refractivity contribution in [2.45, 2.75) is 12.5 Å². The second-order valence-electron chi connectivity index (χ2n) is 4.05. The van der Waals surface area contributed by atoms with Gasteiger partial charge in [-0.1, -0.05) is 6.07 Å². The van der Waals surface area contributed by atoms with Crippen molar-refractivity contribution in [3.05, 3.63) is 29.6 Å². The third kappa shape index (κ3) is 2.24. The number of nitrogens with one attached hydrogen (secondary N) is 1. The van der Waals surface area contributed by atoms with Crippen molar-refractivity contribution in [3.63, 3.8) is 0 Å². The zero-order valence-corrected chi connectivity index (χ0v) is 9.44. The molecule has 2 N–H and O–H groups in total. The molecule has 0 spiro atoms. The number of aliphatic carboxylic acids is 1. The number of hydrogen-bond acceptors (Lipinski definition) is 3. The van der Waals surface area contributed by atoms with Crippen LogP contribution in [0.1, 0.15) is 18.0 Å². The second kappa shape index (κ2) is 4.71. The summed E-state index contributed by atoms with van der Waals surface area (Å²) in [7, 11) is 1.46. The Balaban J connectivity index is 2.30. The topological polar surface area (TPSA) is 58.6 Å². The number of methoxy groups -OCH3 is 1. The predicted octanol–water partition coefficient (Wildman–Crippen LogP) is 1.57. The number of benzene rings is 1. The highest BCUT2D eigenvalue weighted by Crippen LogP contribution is 2.32. The molecule has 4 nitrogen and oxygen atoms in total. The van der Waals surface area contributed by atoms with Crippen LogP contribution in [0, 0.1) is 11.7 Å². The largest absolute Gasteiger partial charge is 0.497 e. The number of carbonyl (C=O) groups is 1. The summed E-state index contributed by atoms with van der Waals surface area (Å²) in [5.74, 6) is -1.47. The van der Waals surface area contributed by atoms with Gasteiger partial charge in [0.1, 0.15) is 11.6 Å². The molecule has 0 amide bonds. The molecule has 0 bridgehead atoms. The van der Waals surface area contributed by atoms with Gasteiger partial charge in [-0.25, -0.2) is 4.39 Å². The predicted molar refractivity (Wildman–Crippen MR) is 59.4 cm³/mol. The van der Waals surface area contributed by atoms with Gasteiger partial charge in [0.25, 0.3) is 0 Å². The summed E-state index contributed by atoms with van der Waals surface area (Å²) in [5, 5.41) is 12.1. The van der Waals surface area contributed by atoms with Gasteiger partial charge in [0, 0.05) is 17.7 Å². The minimum absolute atomic E-state index is 0.385. The number of hydrogen-bond donors (Lipinski definition) is 2. The number of carboxylic acid groups (broad SMARTS) is 1. The van der Waals surface area contributed by atoms with Crippen LogP contribution in [0.4, 0.5) is 4.39 Å². The fourth-order valence-corrected chi connectivity index (χ4v) is 2.18. The van der Waals surface area contributed by atoms with E-state index in [0.29, 0.717) is 24.3 Å². The van der Waals surface area contributed by atoms with Crippen LogP contribution < -0.4 is 10.1 Å². The molecule has 17 heavy (non-hydrogen) atoms. The quantitative estimate of drug-likeness (QED) is 0.840. The first-order valence-electron chi connectivity index (χ1n) is 5.43. The van der Waals surface area contributed by atoms with Crippen molar-refractivity contribution < 1.29 is 19.0 Å². The highest BCUT2D eigenvalue weighted by atomic mass is 19.1. The molecule has 1 aromatic rings. The summed E-state index contributed by atoms with van der Waals surface area (Å²) in [4.78, 5) is 11.0. The number of carboxylic acids is 1. The number of rotatable bonds is 3. The number of halogens is 1. The van der Waals surface area contributed by atoms with E-state index in [4.69, 9.17) is 9.84 Å². The molecule has 1 aliphatic heterocycles. The van der Waals surface area contributed by atoms with E-state index in [0.717, 1.165) is 0 Å². The molecule has 2 rings (SSSR count). The van der Waals surface area contributed by atoms with Gasteiger partial charge in [0.2, 0.25) is 0 Å². The summed E-state index contributed by atoms with van der Waals surface area (Å²) in [6.07, 6.45) is 0.519. The Kier molecular flexibility index (Phi) is 3.28. The molecule has 1 aliphatic rings. The summed E-state index contributed by atoms with van der Waals surface area (Å²) in [6.45, 7) is 0.590. The van der Waals surface area contributed by atoms with Crippen LogP contribution in [0.15, 0.2) is 18.2 Å². The van der Waals surface area contributed by atoms with Gasteiger partial charge in [-0.3, -0.25) is 4.79 Å². The number of ether oxygens (including phenoxy) is 1. The molecule has 1 heterocycles. The van der Waals surface area contributed by atoms with Crippen LogP contribution in [0.2, 0.25) is 0 Å². The maximum atomic E-state index is 13.8. The van der Waals surface area contributed by atoms with E-state index >= 15 is 0 Å². The van der Waals surface area contributed by atoms with Gasteiger partial charge < -0.3 is 15.2 Å². The first-order chi connectivity index (χ1) is 8.13. The Morgan fingerprint density at radius 3 is 2.94 bits per heavy atom. The maximum absolute atomic E-state index is 13.8. The van der Waals surface area contributed by atoms with E-state index in [1.165, 1.54) is 13.2 Å². The molecule has 2 atom stereocenters. The van der Waals surface area contributed by atoms with E-state index < -0.39 is 23.7 Å². The summed E-state index contributed by atoms with van der Waals surface area (Å²) < 4.78 is 18.7. The van der Waals surface area contributed by atoms with Gasteiger partial charge in [-0.2, -0.15) is 0 Å². The fraction of sp³-hybridized carbons (Fsp3) is 0.417. The van der Waals surface area contributed by atoms with E-state index in [-0.39, 0.29) is 0 Å². The monoisotopic (exact) mass is 239 g/mol. The first-order valence-corrected chi connectivity index (χ1v) is 5.43. The SMILES string of the molecule is COc1ccc([C@H]2NCC[C@@H]2C(=O)O)c(F)c1. The minimum atomic E-state index is -0.893. The molecule has 5 heteroatoms. The smallest absolute Gasteiger partial charge is 0.308 e. The van der Waals surface area contributed by atoms with Crippen molar-refractivity contribution in [2.75, 3.05) is 13.7 Å². The fourth-order valence-electron chi connectivity index (χ4n) is 2.18. The van der Waals surface area contributed by atoms with Crippen molar-refractivity contribution in [3.8, 4) is 5.75 Å². The van der Waals surface area contributed by atoms with Crippen LogP contribution in [-0.4, -0.2) is 24.7 Å². The van der Waals surface area contributed by atoms with Gasteiger partial charge in [-0.15, -0.1) is 0 Å². The average Bonchev–Trinajstić information content (AvgIpc) is 2.77. The van der Waals surface area contributed by atoms with Crippen molar-refractivity contribution in [2.24, 2.45) is 5.92 Å². The second-order valence-corrected chi connectivity index (χ2v) is 4.05. The zero-order valence-electron chi connectivity index (χ0n) is 9.44. The molecule has 0 radical (unpaired) electrons. The van der Waals surface area contributed by atoms with Gasteiger partial charge in [0.05, 0.1) is 13.0 Å². The average molecular weight is 239 g/mol. The van der Waals surface area contributed by atoms with Crippen LogP contribution in [0.3, 0.4) is 0 Å². The van der Waals surface area contributed by atoms with Crippen molar-refractivity contribution >= 4 is 5.97 Å². The standard InChI is InChI=1S/C12H14FNO3/c1-17-7-2-3-8(10(13)6-7)11-9(12(15)16)4-5-14-11/h2-3,6,9,11,14H,4-5H2,1H3,(H,15,16)/t9-,11+/m0/s1. The minimum Gasteiger partial charge on any atom is -0.497 e. The Morgan fingerprint density at radius 1 is 1.59 bits per heavy atom. The Morgan fingerprint density at radius 2 is 2.35 bits per heavy atom. The third-order valence-electron chi connectivity index (χ3n) is 3.08. The Labute approximate surface area is 98.4 Å². The van der Waals surface area contributed by atoms with E-state index in [2.05, 4.69) is 5.32 Å². The van der Waals surface area contributed by atoms with Gasteiger partial charge in [-0.05, 0) is 19.0 Å². The van der Waals surface area contributed by atoms with E-state index in [1.807, 2.05) is 0 Å². The molecule has 92 valence electrons. The molecule has 1 aromatic carbocycles.